The molecule has 0 saturated carbocycles. The number of halogens is 6. The van der Waals surface area contributed by atoms with Crippen molar-refractivity contribution >= 4 is 11.6 Å². The molecule has 1 rings (SSSR count). The van der Waals surface area contributed by atoms with E-state index in [-0.39, 0.29) is 12.3 Å². The highest BCUT2D eigenvalue weighted by Gasteiger charge is 2.32. The smallest absolute Gasteiger partial charge is 0.200 e. The van der Waals surface area contributed by atoms with Crippen molar-refractivity contribution in [3.8, 4) is 0 Å². The van der Waals surface area contributed by atoms with E-state index in [0.29, 0.717) is 0 Å². The number of hydrogen-bond donors (Lipinski definition) is 2. The first-order valence-electron chi connectivity index (χ1n) is 4.76. The predicted octanol–water partition coefficient (Wildman–Crippen LogP) is 2.41. The molecule has 0 fully saturated rings. The second-order valence-electron chi connectivity index (χ2n) is 3.47. The molecule has 2 nitrogen and oxygen atoms in total. The van der Waals surface area contributed by atoms with E-state index in [1.54, 1.807) is 0 Å². The summed E-state index contributed by atoms with van der Waals surface area (Å²) in [5, 5.41) is 18.6. The predicted molar refractivity (Wildman–Crippen MR) is 52.5 cm³/mol. The summed E-state index contributed by atoms with van der Waals surface area (Å²) in [5.74, 6) is -11.2. The first-order chi connectivity index (χ1) is 8.32. The second kappa shape index (κ2) is 5.81. The number of alkyl halides is 1. The molecule has 2 N–H and O–H groups in total. The number of aliphatic hydroxyl groups excluding tert-OH is 2. The second-order valence-corrected chi connectivity index (χ2v) is 3.85. The number of hydrogen-bond acceptors (Lipinski definition) is 2. The van der Waals surface area contributed by atoms with Crippen LogP contribution in [-0.4, -0.2) is 22.2 Å². The minimum absolute atomic E-state index is 0.159. The molecule has 0 heterocycles. The van der Waals surface area contributed by atoms with Crippen molar-refractivity contribution in [1.29, 1.82) is 0 Å². The topological polar surface area (TPSA) is 40.5 Å². The van der Waals surface area contributed by atoms with Crippen molar-refractivity contribution in [2.24, 2.45) is 0 Å². The molecular formula is C10H8ClF5O2. The van der Waals surface area contributed by atoms with E-state index in [1.807, 2.05) is 0 Å². The average molecular weight is 291 g/mol. The molecule has 0 aliphatic rings. The zero-order valence-electron chi connectivity index (χ0n) is 8.73. The molecule has 0 saturated heterocycles. The molecule has 0 amide bonds. The summed E-state index contributed by atoms with van der Waals surface area (Å²) < 4.78 is 64.8. The Bertz CT molecular complexity index is 425. The largest absolute Gasteiger partial charge is 0.390 e. The number of aliphatic hydroxyl groups is 2. The summed E-state index contributed by atoms with van der Waals surface area (Å²) in [7, 11) is 0. The molecule has 0 spiro atoms. The molecule has 8 heteroatoms. The summed E-state index contributed by atoms with van der Waals surface area (Å²) in [6, 6.07) is 0. The molecule has 2 unspecified atom stereocenters. The van der Waals surface area contributed by atoms with Crippen LogP contribution in [0.2, 0.25) is 0 Å². The Kier molecular flexibility index (Phi) is 4.89. The van der Waals surface area contributed by atoms with Gasteiger partial charge in [0.2, 0.25) is 5.82 Å². The van der Waals surface area contributed by atoms with Crippen LogP contribution >= 0.6 is 11.6 Å². The highest BCUT2D eigenvalue weighted by atomic mass is 35.5. The van der Waals surface area contributed by atoms with Gasteiger partial charge in [0.15, 0.2) is 23.3 Å². The van der Waals surface area contributed by atoms with E-state index in [2.05, 4.69) is 0 Å². The van der Waals surface area contributed by atoms with Gasteiger partial charge >= 0.3 is 0 Å². The summed E-state index contributed by atoms with van der Waals surface area (Å²) in [4.78, 5) is 0. The van der Waals surface area contributed by atoms with Gasteiger partial charge in [0.05, 0.1) is 11.7 Å². The molecule has 1 aromatic rings. The lowest BCUT2D eigenvalue weighted by atomic mass is 10.0. The van der Waals surface area contributed by atoms with Crippen molar-refractivity contribution < 1.29 is 32.2 Å². The van der Waals surface area contributed by atoms with Gasteiger partial charge < -0.3 is 10.2 Å². The fourth-order valence-electron chi connectivity index (χ4n) is 1.34. The van der Waals surface area contributed by atoms with Gasteiger partial charge in [0.1, 0.15) is 6.10 Å². The van der Waals surface area contributed by atoms with Crippen LogP contribution in [0.3, 0.4) is 0 Å². The fraction of sp³-hybridized carbons (Fsp3) is 0.400. The third-order valence-electron chi connectivity index (χ3n) is 2.31. The van der Waals surface area contributed by atoms with Gasteiger partial charge in [-0.15, -0.1) is 11.6 Å². The van der Waals surface area contributed by atoms with E-state index >= 15 is 0 Å². The molecule has 0 aliphatic carbocycles. The highest BCUT2D eigenvalue weighted by Crippen LogP contribution is 2.30. The van der Waals surface area contributed by atoms with Crippen LogP contribution in [0.15, 0.2) is 0 Å². The van der Waals surface area contributed by atoms with E-state index in [9.17, 15) is 32.2 Å². The Morgan fingerprint density at radius 2 is 1.22 bits per heavy atom. The van der Waals surface area contributed by atoms with Crippen LogP contribution in [-0.2, 0) is 0 Å². The molecule has 0 aromatic heterocycles. The molecule has 0 aliphatic heterocycles. The van der Waals surface area contributed by atoms with E-state index in [0.717, 1.165) is 0 Å². The van der Waals surface area contributed by atoms with Gasteiger partial charge in [0.25, 0.3) is 0 Å². The fourth-order valence-corrected chi connectivity index (χ4v) is 1.57. The number of rotatable bonds is 4. The van der Waals surface area contributed by atoms with Gasteiger partial charge in [0, 0.05) is 5.88 Å². The average Bonchev–Trinajstić information content (AvgIpc) is 2.34. The summed E-state index contributed by atoms with van der Waals surface area (Å²) in [6.07, 6.45) is -4.27. The Labute approximate surface area is 104 Å². The van der Waals surface area contributed by atoms with Gasteiger partial charge in [-0.2, -0.15) is 0 Å². The van der Waals surface area contributed by atoms with Crippen LogP contribution < -0.4 is 0 Å². The van der Waals surface area contributed by atoms with Crippen molar-refractivity contribution in [2.45, 2.75) is 18.6 Å². The van der Waals surface area contributed by atoms with Crippen LogP contribution in [0.1, 0.15) is 18.1 Å². The number of benzene rings is 1. The lowest BCUT2D eigenvalue weighted by Crippen LogP contribution is -2.23. The quantitative estimate of drug-likeness (QED) is 0.387. The van der Waals surface area contributed by atoms with Gasteiger partial charge in [-0.05, 0) is 6.42 Å². The van der Waals surface area contributed by atoms with Gasteiger partial charge in [-0.3, -0.25) is 0 Å². The van der Waals surface area contributed by atoms with E-state index in [1.165, 1.54) is 0 Å². The van der Waals surface area contributed by atoms with Crippen LogP contribution in [0.4, 0.5) is 22.0 Å². The molecule has 2 atom stereocenters. The first kappa shape index (κ1) is 15.1. The molecular weight excluding hydrogens is 283 g/mol. The Morgan fingerprint density at radius 1 is 0.833 bits per heavy atom. The van der Waals surface area contributed by atoms with Crippen LogP contribution in [0.25, 0.3) is 0 Å². The maximum atomic E-state index is 13.2. The van der Waals surface area contributed by atoms with Gasteiger partial charge in [-0.1, -0.05) is 0 Å². The molecule has 0 radical (unpaired) electrons. The Hall–Kier alpha value is -0.920. The molecule has 18 heavy (non-hydrogen) atoms. The minimum Gasteiger partial charge on any atom is -0.390 e. The van der Waals surface area contributed by atoms with Crippen LogP contribution in [0.5, 0.6) is 0 Å². The third-order valence-corrected chi connectivity index (χ3v) is 2.53. The van der Waals surface area contributed by atoms with Gasteiger partial charge in [-0.25, -0.2) is 22.0 Å². The monoisotopic (exact) mass is 290 g/mol. The maximum Gasteiger partial charge on any atom is 0.200 e. The molecule has 1 aromatic carbocycles. The maximum absolute atomic E-state index is 13.2. The Balaban J connectivity index is 3.32. The van der Waals surface area contributed by atoms with Crippen molar-refractivity contribution in [3.05, 3.63) is 34.6 Å². The van der Waals surface area contributed by atoms with Crippen molar-refractivity contribution in [3.63, 3.8) is 0 Å². The third kappa shape index (κ3) is 2.57. The summed E-state index contributed by atoms with van der Waals surface area (Å²) in [5.41, 5.74) is -1.47. The lowest BCUT2D eigenvalue weighted by Gasteiger charge is -2.19. The standard InChI is InChI=1S/C10H8ClF5O2/c11-2-1-3(17)10(18)4-5(12)7(14)9(16)8(15)6(4)13/h3,10,17-18H,1-2H2. The zero-order valence-corrected chi connectivity index (χ0v) is 9.49. The SMILES string of the molecule is OC(CCCl)C(O)c1c(F)c(F)c(F)c(F)c1F. The first-order valence-corrected chi connectivity index (χ1v) is 5.29. The highest BCUT2D eigenvalue weighted by molar-refractivity contribution is 6.17. The summed E-state index contributed by atoms with van der Waals surface area (Å²) in [6.45, 7) is 0. The molecule has 102 valence electrons. The normalized spacial score (nSPS) is 14.7. The lowest BCUT2D eigenvalue weighted by molar-refractivity contribution is 0.0116. The van der Waals surface area contributed by atoms with E-state index < -0.39 is 46.9 Å². The Morgan fingerprint density at radius 3 is 1.61 bits per heavy atom. The zero-order chi connectivity index (χ0) is 14.0. The molecule has 0 bridgehead atoms. The van der Waals surface area contributed by atoms with Crippen molar-refractivity contribution in [2.75, 3.05) is 5.88 Å². The van der Waals surface area contributed by atoms with Crippen LogP contribution in [0, 0.1) is 29.1 Å². The van der Waals surface area contributed by atoms with E-state index in [4.69, 9.17) is 11.6 Å². The van der Waals surface area contributed by atoms with Crippen molar-refractivity contribution in [1.82, 2.24) is 0 Å². The minimum atomic E-state index is -2.33. The summed E-state index contributed by atoms with van der Waals surface area (Å²) >= 11 is 5.23.